The number of hydrogen-bond donors (Lipinski definition) is 2. The van der Waals surface area contributed by atoms with Gasteiger partial charge in [-0.2, -0.15) is 0 Å². The molecule has 2 heterocycles. The van der Waals surface area contributed by atoms with Crippen LogP contribution in [0.1, 0.15) is 24.0 Å². The minimum atomic E-state index is -0.296. The molecule has 1 saturated heterocycles. The van der Waals surface area contributed by atoms with E-state index in [1.54, 1.807) is 23.2 Å². The molecule has 7 nitrogen and oxygen atoms in total. The van der Waals surface area contributed by atoms with Crippen LogP contribution < -0.4 is 21.2 Å². The summed E-state index contributed by atoms with van der Waals surface area (Å²) in [5.74, 6) is 0. The first-order valence-corrected chi connectivity index (χ1v) is 9.94. The molecule has 0 saturated carbocycles. The van der Waals surface area contributed by atoms with Gasteiger partial charge in [0.05, 0.1) is 22.4 Å². The van der Waals surface area contributed by atoms with Crippen LogP contribution in [0.15, 0.2) is 35.1 Å². The van der Waals surface area contributed by atoms with Gasteiger partial charge in [0.25, 0.3) is 0 Å². The van der Waals surface area contributed by atoms with E-state index in [4.69, 9.17) is 0 Å². The molecular formula is C22H27N5O2. The van der Waals surface area contributed by atoms with Crippen molar-refractivity contribution in [1.29, 1.82) is 0 Å². The zero-order valence-electron chi connectivity index (χ0n) is 17.4. The molecule has 1 aliphatic rings. The van der Waals surface area contributed by atoms with Crippen LogP contribution in [0, 0.1) is 13.8 Å². The predicted molar refractivity (Wildman–Crippen MR) is 118 cm³/mol. The summed E-state index contributed by atoms with van der Waals surface area (Å²) in [6, 6.07) is 9.56. The second-order valence-corrected chi connectivity index (χ2v) is 7.91. The van der Waals surface area contributed by atoms with Gasteiger partial charge in [0.15, 0.2) is 0 Å². The smallest absolute Gasteiger partial charge is 0.328 e. The summed E-state index contributed by atoms with van der Waals surface area (Å²) >= 11 is 0. The molecule has 0 bridgehead atoms. The van der Waals surface area contributed by atoms with E-state index in [0.29, 0.717) is 5.69 Å². The first-order valence-electron chi connectivity index (χ1n) is 9.94. The van der Waals surface area contributed by atoms with Crippen molar-refractivity contribution >= 4 is 34.1 Å². The lowest BCUT2D eigenvalue weighted by molar-refractivity contribution is 0.262. The predicted octanol–water partition coefficient (Wildman–Crippen LogP) is 3.74. The third-order valence-corrected chi connectivity index (χ3v) is 5.56. The summed E-state index contributed by atoms with van der Waals surface area (Å²) in [6.45, 7) is 5.90. The third kappa shape index (κ3) is 3.60. The quantitative estimate of drug-likeness (QED) is 0.712. The lowest BCUT2D eigenvalue weighted by Crippen LogP contribution is -2.24. The number of urea groups is 1. The summed E-state index contributed by atoms with van der Waals surface area (Å²) in [5.41, 5.74) is 6.19. The van der Waals surface area contributed by atoms with Crippen LogP contribution in [-0.4, -0.2) is 28.3 Å². The Bertz CT molecular complexity index is 1130. The summed E-state index contributed by atoms with van der Waals surface area (Å²) in [6.07, 6.45) is 2.25. The van der Waals surface area contributed by atoms with Gasteiger partial charge in [-0.1, -0.05) is 6.07 Å². The lowest BCUT2D eigenvalue weighted by Gasteiger charge is -2.22. The molecule has 1 aliphatic heterocycles. The number of fused-ring (bicyclic) bond motifs is 1. The van der Waals surface area contributed by atoms with Crippen molar-refractivity contribution in [1.82, 2.24) is 9.13 Å². The number of amides is 2. The summed E-state index contributed by atoms with van der Waals surface area (Å²) in [5, 5.41) is 5.93. The highest BCUT2D eigenvalue weighted by molar-refractivity contribution is 6.04. The first kappa shape index (κ1) is 19.1. The summed E-state index contributed by atoms with van der Waals surface area (Å²) < 4.78 is 3.25. The summed E-state index contributed by atoms with van der Waals surface area (Å²) in [4.78, 5) is 27.4. The Morgan fingerprint density at radius 3 is 2.07 bits per heavy atom. The molecule has 2 amide bonds. The molecule has 0 radical (unpaired) electrons. The van der Waals surface area contributed by atoms with Gasteiger partial charge in [0.2, 0.25) is 0 Å². The highest BCUT2D eigenvalue weighted by atomic mass is 16.2. The number of hydrogen-bond acceptors (Lipinski definition) is 3. The molecule has 0 aliphatic carbocycles. The number of carbonyl (C=O) groups is 1. The van der Waals surface area contributed by atoms with Crippen LogP contribution >= 0.6 is 0 Å². The number of benzene rings is 2. The van der Waals surface area contributed by atoms with E-state index in [2.05, 4.69) is 21.6 Å². The van der Waals surface area contributed by atoms with Gasteiger partial charge < -0.3 is 15.5 Å². The zero-order valence-corrected chi connectivity index (χ0v) is 17.4. The van der Waals surface area contributed by atoms with Crippen LogP contribution in [0.25, 0.3) is 11.0 Å². The molecule has 152 valence electrons. The number of nitrogens with zero attached hydrogens (tertiary/aromatic N) is 3. The number of aromatic nitrogens is 2. The monoisotopic (exact) mass is 393 g/mol. The van der Waals surface area contributed by atoms with E-state index < -0.39 is 0 Å². The highest BCUT2D eigenvalue weighted by Gasteiger charge is 2.20. The van der Waals surface area contributed by atoms with Crippen LogP contribution in [0.2, 0.25) is 0 Å². The Hall–Kier alpha value is -3.22. The van der Waals surface area contributed by atoms with Gasteiger partial charge >= 0.3 is 11.7 Å². The van der Waals surface area contributed by atoms with Gasteiger partial charge in [0.1, 0.15) is 0 Å². The molecule has 0 atom stereocenters. The molecule has 1 aromatic heterocycles. The van der Waals surface area contributed by atoms with E-state index in [1.165, 1.54) is 0 Å². The molecule has 2 aromatic carbocycles. The minimum absolute atomic E-state index is 0.0794. The number of anilines is 3. The topological polar surface area (TPSA) is 71.3 Å². The molecule has 0 spiro atoms. The maximum Gasteiger partial charge on any atom is 0.328 e. The van der Waals surface area contributed by atoms with E-state index in [-0.39, 0.29) is 11.7 Å². The van der Waals surface area contributed by atoms with Crippen LogP contribution in [-0.2, 0) is 14.1 Å². The maximum absolute atomic E-state index is 12.8. The normalized spacial score (nSPS) is 13.9. The molecule has 3 aromatic rings. The lowest BCUT2D eigenvalue weighted by atomic mass is 10.1. The molecule has 29 heavy (non-hydrogen) atoms. The van der Waals surface area contributed by atoms with Gasteiger partial charge in [-0.25, -0.2) is 9.59 Å². The van der Waals surface area contributed by atoms with Crippen LogP contribution in [0.4, 0.5) is 21.9 Å². The first-order chi connectivity index (χ1) is 13.8. The fourth-order valence-electron chi connectivity index (χ4n) is 4.19. The van der Waals surface area contributed by atoms with Crippen LogP contribution in [0.5, 0.6) is 0 Å². The van der Waals surface area contributed by atoms with Crippen molar-refractivity contribution in [2.75, 3.05) is 28.6 Å². The average molecular weight is 393 g/mol. The number of aryl methyl sites for hydroxylation is 4. The molecule has 2 N–H and O–H groups in total. The largest absolute Gasteiger partial charge is 0.370 e. The van der Waals surface area contributed by atoms with Crippen LogP contribution in [0.3, 0.4) is 0 Å². The zero-order chi connectivity index (χ0) is 20.7. The third-order valence-electron chi connectivity index (χ3n) is 5.56. The van der Waals surface area contributed by atoms with Gasteiger partial charge in [-0.05, 0) is 62.1 Å². The maximum atomic E-state index is 12.8. The Morgan fingerprint density at radius 1 is 0.862 bits per heavy atom. The van der Waals surface area contributed by atoms with Crippen molar-refractivity contribution in [3.8, 4) is 0 Å². The second-order valence-electron chi connectivity index (χ2n) is 7.91. The van der Waals surface area contributed by atoms with Crippen molar-refractivity contribution in [2.24, 2.45) is 14.1 Å². The second kappa shape index (κ2) is 7.31. The van der Waals surface area contributed by atoms with E-state index >= 15 is 0 Å². The molecule has 0 unspecified atom stereocenters. The summed E-state index contributed by atoms with van der Waals surface area (Å²) in [7, 11) is 3.53. The van der Waals surface area contributed by atoms with Gasteiger partial charge in [-0.15, -0.1) is 0 Å². The highest BCUT2D eigenvalue weighted by Crippen LogP contribution is 2.33. The Morgan fingerprint density at radius 2 is 1.45 bits per heavy atom. The van der Waals surface area contributed by atoms with Crippen molar-refractivity contribution in [2.45, 2.75) is 26.7 Å². The Kier molecular flexibility index (Phi) is 4.82. The molecule has 1 fully saturated rings. The number of nitrogens with one attached hydrogen (secondary N) is 2. The molecule has 4 rings (SSSR count). The van der Waals surface area contributed by atoms with E-state index in [0.717, 1.165) is 59.5 Å². The average Bonchev–Trinajstić information content (AvgIpc) is 3.25. The van der Waals surface area contributed by atoms with Gasteiger partial charge in [-0.3, -0.25) is 9.13 Å². The fourth-order valence-corrected chi connectivity index (χ4v) is 4.19. The standard InChI is InChI=1S/C22H27N5O2/c1-14-9-15(2)11-16(10-14)23-21(28)24-17-12-19-20(26(4)22(29)25(19)3)13-18(17)27-7-5-6-8-27/h9-13H,5-8H2,1-4H3,(H2,23,24,28). The number of imidazole rings is 1. The SMILES string of the molecule is Cc1cc(C)cc(NC(=O)Nc2cc3c(cc2N2CCCC2)n(C)c(=O)n3C)c1. The van der Waals surface area contributed by atoms with Crippen molar-refractivity contribution in [3.63, 3.8) is 0 Å². The number of carbonyl (C=O) groups excluding carboxylic acids is 1. The van der Waals surface area contributed by atoms with Crippen molar-refractivity contribution < 1.29 is 4.79 Å². The Balaban J connectivity index is 1.71. The van der Waals surface area contributed by atoms with Crippen molar-refractivity contribution in [3.05, 3.63) is 51.9 Å². The minimum Gasteiger partial charge on any atom is -0.370 e. The number of rotatable bonds is 3. The van der Waals surface area contributed by atoms with E-state index in [9.17, 15) is 9.59 Å². The molecular weight excluding hydrogens is 366 g/mol. The Labute approximate surface area is 169 Å². The fraction of sp³-hybridized carbons (Fsp3) is 0.364. The molecule has 7 heteroatoms. The van der Waals surface area contributed by atoms with E-state index in [1.807, 2.05) is 38.1 Å². The van der Waals surface area contributed by atoms with Gasteiger partial charge in [0, 0.05) is 32.9 Å².